The van der Waals surface area contributed by atoms with Crippen LogP contribution in [-0.4, -0.2) is 6.29 Å². The van der Waals surface area contributed by atoms with Crippen molar-refractivity contribution in [2.75, 3.05) is 0 Å². The molecule has 0 aliphatic carbocycles. The molecule has 0 spiro atoms. The average molecular weight is 246 g/mol. The van der Waals surface area contributed by atoms with Gasteiger partial charge in [0.15, 0.2) is 0 Å². The van der Waals surface area contributed by atoms with Gasteiger partial charge in [-0.25, -0.2) is 0 Å². The molecular weight excluding hydrogens is 232 g/mol. The van der Waals surface area contributed by atoms with Gasteiger partial charge in [-0.1, -0.05) is 48.5 Å². The molecule has 1 nitrogen and oxygen atoms in total. The fourth-order valence-corrected chi connectivity index (χ4v) is 2.32. The molecule has 0 atom stereocenters. The molecule has 3 aromatic rings. The van der Waals surface area contributed by atoms with Gasteiger partial charge in [0.1, 0.15) is 6.29 Å². The van der Waals surface area contributed by atoms with E-state index in [4.69, 9.17) is 0 Å². The first-order valence-corrected chi connectivity index (χ1v) is 6.33. The van der Waals surface area contributed by atoms with Crippen molar-refractivity contribution >= 4 is 17.1 Å². The highest BCUT2D eigenvalue weighted by Gasteiger charge is 2.03. The Morgan fingerprint density at radius 1 is 0.789 bits per heavy atom. The van der Waals surface area contributed by atoms with Crippen LogP contribution in [0.15, 0.2) is 60.7 Å². The molecule has 0 heterocycles. The van der Waals surface area contributed by atoms with Crippen LogP contribution in [0, 0.1) is 6.92 Å². The van der Waals surface area contributed by atoms with Gasteiger partial charge in [0, 0.05) is 5.56 Å². The van der Waals surface area contributed by atoms with Gasteiger partial charge in [-0.2, -0.15) is 0 Å². The number of aryl methyl sites for hydroxylation is 1. The van der Waals surface area contributed by atoms with E-state index in [0.717, 1.165) is 28.5 Å². The van der Waals surface area contributed by atoms with E-state index in [1.807, 2.05) is 31.2 Å². The summed E-state index contributed by atoms with van der Waals surface area (Å²) < 4.78 is 0. The summed E-state index contributed by atoms with van der Waals surface area (Å²) in [6, 6.07) is 20.7. The average Bonchev–Trinajstić information content (AvgIpc) is 2.47. The van der Waals surface area contributed by atoms with Crippen LogP contribution in [0.1, 0.15) is 15.9 Å². The summed E-state index contributed by atoms with van der Waals surface area (Å²) in [7, 11) is 0. The molecule has 0 bridgehead atoms. The van der Waals surface area contributed by atoms with Crippen molar-refractivity contribution in [1.29, 1.82) is 0 Å². The summed E-state index contributed by atoms with van der Waals surface area (Å²) in [6.07, 6.45) is 0.917. The summed E-state index contributed by atoms with van der Waals surface area (Å²) in [4.78, 5) is 11.0. The third-order valence-corrected chi connectivity index (χ3v) is 3.49. The van der Waals surface area contributed by atoms with Gasteiger partial charge < -0.3 is 0 Å². The SMILES string of the molecule is Cc1ccc(-c2ccc3ccccc3c2)cc1C=O. The molecule has 0 unspecified atom stereocenters. The van der Waals surface area contributed by atoms with E-state index < -0.39 is 0 Å². The van der Waals surface area contributed by atoms with Gasteiger partial charge in [-0.3, -0.25) is 4.79 Å². The van der Waals surface area contributed by atoms with Crippen molar-refractivity contribution in [1.82, 2.24) is 0 Å². The van der Waals surface area contributed by atoms with Crippen molar-refractivity contribution < 1.29 is 4.79 Å². The third-order valence-electron chi connectivity index (χ3n) is 3.49. The fourth-order valence-electron chi connectivity index (χ4n) is 2.32. The topological polar surface area (TPSA) is 17.1 Å². The van der Waals surface area contributed by atoms with Crippen molar-refractivity contribution in [3.8, 4) is 11.1 Å². The summed E-state index contributed by atoms with van der Waals surface area (Å²) in [5.74, 6) is 0. The minimum atomic E-state index is 0.755. The number of carbonyl (C=O) groups is 1. The zero-order chi connectivity index (χ0) is 13.2. The minimum absolute atomic E-state index is 0.755. The van der Waals surface area contributed by atoms with Crippen molar-refractivity contribution in [3.05, 3.63) is 71.8 Å². The van der Waals surface area contributed by atoms with Crippen LogP contribution < -0.4 is 0 Å². The fraction of sp³-hybridized carbons (Fsp3) is 0.0556. The maximum absolute atomic E-state index is 11.0. The number of aldehydes is 1. The van der Waals surface area contributed by atoms with Gasteiger partial charge in [-0.05, 0) is 46.5 Å². The zero-order valence-electron chi connectivity index (χ0n) is 10.8. The molecule has 0 N–H and O–H groups in total. The highest BCUT2D eigenvalue weighted by atomic mass is 16.1. The Morgan fingerprint density at radius 3 is 2.26 bits per heavy atom. The Labute approximate surface area is 112 Å². The zero-order valence-corrected chi connectivity index (χ0v) is 10.8. The van der Waals surface area contributed by atoms with Crippen molar-refractivity contribution in [2.24, 2.45) is 0 Å². The normalized spacial score (nSPS) is 10.6. The van der Waals surface area contributed by atoms with Gasteiger partial charge in [-0.15, -0.1) is 0 Å². The predicted molar refractivity (Wildman–Crippen MR) is 79.5 cm³/mol. The molecule has 0 aromatic heterocycles. The minimum Gasteiger partial charge on any atom is -0.298 e. The molecule has 0 saturated heterocycles. The first-order chi connectivity index (χ1) is 9.28. The summed E-state index contributed by atoms with van der Waals surface area (Å²) >= 11 is 0. The lowest BCUT2D eigenvalue weighted by Crippen LogP contribution is -1.87. The second-order valence-electron chi connectivity index (χ2n) is 4.75. The number of fused-ring (bicyclic) bond motifs is 1. The van der Waals surface area contributed by atoms with Crippen molar-refractivity contribution in [3.63, 3.8) is 0 Å². The first-order valence-electron chi connectivity index (χ1n) is 6.33. The molecule has 0 fully saturated rings. The predicted octanol–water partition coefficient (Wildman–Crippen LogP) is 4.63. The molecule has 0 saturated carbocycles. The van der Waals surface area contributed by atoms with E-state index in [9.17, 15) is 4.79 Å². The first kappa shape index (κ1) is 11.7. The van der Waals surface area contributed by atoms with Crippen LogP contribution >= 0.6 is 0 Å². The molecule has 92 valence electrons. The Balaban J connectivity index is 2.16. The number of benzene rings is 3. The van der Waals surface area contributed by atoms with E-state index in [1.165, 1.54) is 10.8 Å². The smallest absolute Gasteiger partial charge is 0.150 e. The molecule has 0 radical (unpaired) electrons. The maximum Gasteiger partial charge on any atom is 0.150 e. The van der Waals surface area contributed by atoms with Gasteiger partial charge in [0.25, 0.3) is 0 Å². The van der Waals surface area contributed by atoms with E-state index in [2.05, 4.69) is 36.4 Å². The molecular formula is C18H14O. The summed E-state index contributed by atoms with van der Waals surface area (Å²) in [5.41, 5.74) is 3.99. The monoisotopic (exact) mass is 246 g/mol. The lowest BCUT2D eigenvalue weighted by molar-refractivity contribution is 0.112. The van der Waals surface area contributed by atoms with Gasteiger partial charge >= 0.3 is 0 Å². The number of hydrogen-bond donors (Lipinski definition) is 0. The van der Waals surface area contributed by atoms with E-state index in [0.29, 0.717) is 0 Å². The second-order valence-corrected chi connectivity index (χ2v) is 4.75. The highest BCUT2D eigenvalue weighted by Crippen LogP contribution is 2.25. The van der Waals surface area contributed by atoms with Crippen molar-refractivity contribution in [2.45, 2.75) is 6.92 Å². The summed E-state index contributed by atoms with van der Waals surface area (Å²) in [5, 5.41) is 2.45. The maximum atomic E-state index is 11.0. The molecule has 3 aromatic carbocycles. The highest BCUT2D eigenvalue weighted by molar-refractivity contribution is 5.88. The quantitative estimate of drug-likeness (QED) is 0.602. The largest absolute Gasteiger partial charge is 0.298 e. The van der Waals surface area contributed by atoms with Gasteiger partial charge in [0.05, 0.1) is 0 Å². The lowest BCUT2D eigenvalue weighted by atomic mass is 9.98. The van der Waals surface area contributed by atoms with E-state index in [-0.39, 0.29) is 0 Å². The summed E-state index contributed by atoms with van der Waals surface area (Å²) in [6.45, 7) is 1.95. The molecule has 19 heavy (non-hydrogen) atoms. The molecule has 1 heteroatoms. The standard InChI is InChI=1S/C18H14O/c1-13-6-7-16(11-18(13)12-19)17-9-8-14-4-2-3-5-15(14)10-17/h2-12H,1H3. The van der Waals surface area contributed by atoms with Crippen LogP contribution in [0.3, 0.4) is 0 Å². The molecule has 0 aliphatic heterocycles. The van der Waals surface area contributed by atoms with Crippen LogP contribution in [0.4, 0.5) is 0 Å². The number of carbonyl (C=O) groups excluding carboxylic acids is 1. The number of hydrogen-bond acceptors (Lipinski definition) is 1. The second kappa shape index (κ2) is 4.69. The van der Waals surface area contributed by atoms with E-state index >= 15 is 0 Å². The molecule has 3 rings (SSSR count). The Morgan fingerprint density at radius 2 is 1.47 bits per heavy atom. The Hall–Kier alpha value is -2.41. The Bertz CT molecular complexity index is 756. The molecule has 0 aliphatic rings. The third kappa shape index (κ3) is 2.15. The Kier molecular flexibility index (Phi) is 2.88. The van der Waals surface area contributed by atoms with Crippen LogP contribution in [-0.2, 0) is 0 Å². The van der Waals surface area contributed by atoms with Crippen LogP contribution in [0.25, 0.3) is 21.9 Å². The number of rotatable bonds is 2. The van der Waals surface area contributed by atoms with E-state index in [1.54, 1.807) is 0 Å². The lowest BCUT2D eigenvalue weighted by Gasteiger charge is -2.06. The van der Waals surface area contributed by atoms with Crippen LogP contribution in [0.2, 0.25) is 0 Å². The van der Waals surface area contributed by atoms with Crippen LogP contribution in [0.5, 0.6) is 0 Å². The molecule has 0 amide bonds. The van der Waals surface area contributed by atoms with Gasteiger partial charge in [0.2, 0.25) is 0 Å².